The monoisotopic (exact) mass is 430 g/mol. The van der Waals surface area contributed by atoms with Crippen molar-refractivity contribution < 1.29 is 13.9 Å². The van der Waals surface area contributed by atoms with Gasteiger partial charge in [-0.25, -0.2) is 9.38 Å². The second-order valence-electron chi connectivity index (χ2n) is 7.93. The number of fused-ring (bicyclic) bond motifs is 2. The fraction of sp³-hybridized carbons (Fsp3) is 0.364. The van der Waals surface area contributed by atoms with Crippen LogP contribution >= 0.6 is 11.6 Å². The van der Waals surface area contributed by atoms with E-state index in [1.54, 1.807) is 13.1 Å². The van der Waals surface area contributed by atoms with Crippen molar-refractivity contribution in [2.75, 3.05) is 27.2 Å². The maximum Gasteiger partial charge on any atom is 0.216 e. The van der Waals surface area contributed by atoms with Crippen LogP contribution in [0.15, 0.2) is 41.4 Å². The predicted octanol–water partition coefficient (Wildman–Crippen LogP) is 3.30. The number of aliphatic imine (C=N–C) groups is 1. The van der Waals surface area contributed by atoms with Gasteiger partial charge in [0.2, 0.25) is 6.41 Å². The third kappa shape index (κ3) is 4.00. The van der Waals surface area contributed by atoms with E-state index >= 15 is 0 Å². The van der Waals surface area contributed by atoms with E-state index in [0.29, 0.717) is 17.0 Å². The van der Waals surface area contributed by atoms with Gasteiger partial charge in [-0.15, -0.1) is 0 Å². The van der Waals surface area contributed by atoms with Crippen molar-refractivity contribution in [1.82, 2.24) is 9.80 Å². The molecule has 8 heteroatoms. The number of nitrogens with zero attached hydrogens (tertiary/aromatic N) is 3. The van der Waals surface area contributed by atoms with Crippen LogP contribution in [-0.2, 0) is 4.79 Å². The molecular weight excluding hydrogens is 407 g/mol. The lowest BCUT2D eigenvalue weighted by Crippen LogP contribution is -2.48. The summed E-state index contributed by atoms with van der Waals surface area (Å²) in [6, 6.07) is 9.89. The number of ether oxygens (including phenoxy) is 1. The van der Waals surface area contributed by atoms with Crippen LogP contribution in [0.5, 0.6) is 5.75 Å². The zero-order chi connectivity index (χ0) is 21.4. The van der Waals surface area contributed by atoms with Crippen LogP contribution < -0.4 is 10.5 Å². The molecule has 6 nitrogen and oxygen atoms in total. The first-order chi connectivity index (χ1) is 14.4. The summed E-state index contributed by atoms with van der Waals surface area (Å²) < 4.78 is 20.2. The highest BCUT2D eigenvalue weighted by Crippen LogP contribution is 2.45. The van der Waals surface area contributed by atoms with Crippen molar-refractivity contribution in [1.29, 1.82) is 0 Å². The first-order valence-corrected chi connectivity index (χ1v) is 10.2. The summed E-state index contributed by atoms with van der Waals surface area (Å²) in [7, 11) is 3.64. The average Bonchev–Trinajstić information content (AvgIpc) is 2.72. The number of benzene rings is 2. The summed E-state index contributed by atoms with van der Waals surface area (Å²) in [6.07, 6.45) is 1.54. The number of amides is 1. The third-order valence-corrected chi connectivity index (χ3v) is 6.01. The minimum absolute atomic E-state index is 0.0197. The number of hydrogen-bond donors (Lipinski definition) is 1. The first kappa shape index (κ1) is 20.6. The van der Waals surface area contributed by atoms with Gasteiger partial charge in [-0.05, 0) is 54.9 Å². The number of nitrogens with two attached hydrogens (primary N) is 1. The fourth-order valence-corrected chi connectivity index (χ4v) is 4.44. The average molecular weight is 431 g/mol. The lowest BCUT2D eigenvalue weighted by molar-refractivity contribution is -0.114. The van der Waals surface area contributed by atoms with Crippen molar-refractivity contribution in [3.63, 3.8) is 0 Å². The molecule has 30 heavy (non-hydrogen) atoms. The van der Waals surface area contributed by atoms with Crippen LogP contribution in [-0.4, -0.2) is 55.5 Å². The van der Waals surface area contributed by atoms with Crippen LogP contribution in [0.2, 0.25) is 5.02 Å². The molecule has 2 aliphatic rings. The number of halogens is 2. The maximum atomic E-state index is 13.9. The van der Waals surface area contributed by atoms with E-state index in [0.717, 1.165) is 36.4 Å². The van der Waals surface area contributed by atoms with Gasteiger partial charge < -0.3 is 15.4 Å². The molecule has 0 radical (unpaired) electrons. The van der Waals surface area contributed by atoms with E-state index in [1.165, 1.54) is 17.0 Å². The van der Waals surface area contributed by atoms with Gasteiger partial charge in [-0.3, -0.25) is 9.69 Å². The molecule has 2 aromatic rings. The van der Waals surface area contributed by atoms with Crippen LogP contribution in [0.4, 0.5) is 4.39 Å². The molecule has 4 rings (SSSR count). The summed E-state index contributed by atoms with van der Waals surface area (Å²) in [4.78, 5) is 19.4. The molecule has 3 atom stereocenters. The number of piperidine rings is 1. The molecule has 0 aromatic heterocycles. The molecule has 0 aliphatic carbocycles. The normalized spacial score (nSPS) is 23.9. The van der Waals surface area contributed by atoms with Crippen molar-refractivity contribution in [3.05, 3.63) is 52.8 Å². The Morgan fingerprint density at radius 1 is 1.33 bits per heavy atom. The van der Waals surface area contributed by atoms with Crippen molar-refractivity contribution in [2.24, 2.45) is 16.6 Å². The molecule has 0 spiro atoms. The summed E-state index contributed by atoms with van der Waals surface area (Å²) >= 11 is 6.05. The third-order valence-electron chi connectivity index (χ3n) is 5.79. The molecular formula is C22H24ClFN4O2. The summed E-state index contributed by atoms with van der Waals surface area (Å²) in [5, 5.41) is 0.333. The molecule has 1 fully saturated rings. The van der Waals surface area contributed by atoms with Gasteiger partial charge in [0.1, 0.15) is 17.7 Å². The molecule has 0 saturated carbocycles. The van der Waals surface area contributed by atoms with Gasteiger partial charge in [-0.1, -0.05) is 17.7 Å². The van der Waals surface area contributed by atoms with E-state index in [4.69, 9.17) is 27.1 Å². The van der Waals surface area contributed by atoms with Crippen LogP contribution in [0, 0.1) is 11.7 Å². The first-order valence-electron chi connectivity index (χ1n) is 9.82. The highest BCUT2D eigenvalue weighted by molar-refractivity contribution is 6.30. The Kier molecular flexibility index (Phi) is 5.66. The van der Waals surface area contributed by atoms with Gasteiger partial charge in [0, 0.05) is 36.6 Å². The largest absolute Gasteiger partial charge is 0.490 e. The Labute approximate surface area is 180 Å². The van der Waals surface area contributed by atoms with Crippen LogP contribution in [0.3, 0.4) is 0 Å². The molecule has 2 N–H and O–H groups in total. The van der Waals surface area contributed by atoms with Crippen LogP contribution in [0.1, 0.15) is 18.0 Å². The van der Waals surface area contributed by atoms with Crippen molar-refractivity contribution in [3.8, 4) is 16.9 Å². The van der Waals surface area contributed by atoms with E-state index in [2.05, 4.69) is 11.9 Å². The number of carbonyl (C=O) groups excluding carboxylic acids is 1. The zero-order valence-corrected chi connectivity index (χ0v) is 17.6. The molecule has 2 heterocycles. The Morgan fingerprint density at radius 3 is 2.87 bits per heavy atom. The van der Waals surface area contributed by atoms with E-state index in [9.17, 15) is 9.18 Å². The Morgan fingerprint density at radius 2 is 2.13 bits per heavy atom. The van der Waals surface area contributed by atoms with E-state index in [1.807, 2.05) is 18.2 Å². The minimum atomic E-state index is -0.396. The van der Waals surface area contributed by atoms with Crippen molar-refractivity contribution in [2.45, 2.75) is 18.6 Å². The Balaban J connectivity index is 1.81. The second-order valence-corrected chi connectivity index (χ2v) is 8.37. The lowest BCUT2D eigenvalue weighted by atomic mass is 9.81. The number of likely N-dealkylation sites (tertiary alicyclic amines) is 1. The quantitative estimate of drug-likeness (QED) is 0.460. The lowest BCUT2D eigenvalue weighted by Gasteiger charge is -2.43. The summed E-state index contributed by atoms with van der Waals surface area (Å²) in [5.41, 5.74) is 8.43. The van der Waals surface area contributed by atoms with Crippen molar-refractivity contribution >= 4 is 24.0 Å². The standard InChI is InChI=1S/C22H24ClFN4O2/c1-27-6-5-20-18(11-27)21(26-22(25)28(2)12-29)17-9-13(3-4-19(17)30-20)14-7-15(23)10-16(24)8-14/h3-4,7-10,12,18,20-21H,5-6,11H2,1-2H3,(H2,25,26). The van der Waals surface area contributed by atoms with Gasteiger partial charge in [0.05, 0.1) is 6.04 Å². The van der Waals surface area contributed by atoms with Gasteiger partial charge in [0.15, 0.2) is 5.96 Å². The summed E-state index contributed by atoms with van der Waals surface area (Å²) in [5.74, 6) is 0.574. The highest BCUT2D eigenvalue weighted by Gasteiger charge is 2.41. The van der Waals surface area contributed by atoms with E-state index in [-0.39, 0.29) is 24.0 Å². The molecule has 158 valence electrons. The predicted molar refractivity (Wildman–Crippen MR) is 115 cm³/mol. The highest BCUT2D eigenvalue weighted by atomic mass is 35.5. The molecule has 2 aromatic carbocycles. The number of hydrogen-bond acceptors (Lipinski definition) is 4. The zero-order valence-electron chi connectivity index (χ0n) is 16.9. The Hall–Kier alpha value is -2.64. The molecule has 3 unspecified atom stereocenters. The number of carbonyl (C=O) groups is 1. The van der Waals surface area contributed by atoms with Gasteiger partial charge in [-0.2, -0.15) is 0 Å². The molecule has 1 amide bonds. The minimum Gasteiger partial charge on any atom is -0.490 e. The fourth-order valence-electron chi connectivity index (χ4n) is 4.21. The van der Waals surface area contributed by atoms with E-state index < -0.39 is 5.82 Å². The SMILES string of the molecule is CN1CCC2Oc3ccc(-c4cc(F)cc(Cl)c4)cc3C(N=C(N)N(C)C=O)C2C1. The summed E-state index contributed by atoms with van der Waals surface area (Å²) in [6.45, 7) is 1.74. The Bertz CT molecular complexity index is 979. The molecule has 1 saturated heterocycles. The van der Waals surface area contributed by atoms with Gasteiger partial charge in [0.25, 0.3) is 0 Å². The number of rotatable bonds is 3. The number of guanidine groups is 1. The topological polar surface area (TPSA) is 71.2 Å². The van der Waals surface area contributed by atoms with Crippen LogP contribution in [0.25, 0.3) is 11.1 Å². The van der Waals surface area contributed by atoms with Gasteiger partial charge >= 0.3 is 0 Å². The maximum absolute atomic E-state index is 13.9. The molecule has 2 aliphatic heterocycles. The molecule has 0 bridgehead atoms. The smallest absolute Gasteiger partial charge is 0.216 e. The second kappa shape index (κ2) is 8.24.